The molecule has 176 valence electrons. The first-order valence-corrected chi connectivity index (χ1v) is 11.4. The Bertz CT molecular complexity index is 1160. The standard InChI is InChI=1S/C22H31N9O2/c1-12-8-17(29-28-12)25-18-16-11-23-30(5)19(16)27-20(26-18)24-13-9-14-6-7-15(10-13)31(14)21(32)33-22(2,3)4/h8,11,13-15H,6-7,9-10H2,1-5H3,(H3,24,25,26,27,28,29)/t13?,14-,15+. The summed E-state index contributed by atoms with van der Waals surface area (Å²) in [4.78, 5) is 24.1. The van der Waals surface area contributed by atoms with Gasteiger partial charge in [-0.05, 0) is 53.4 Å². The van der Waals surface area contributed by atoms with E-state index in [2.05, 4.69) is 25.9 Å². The molecule has 0 saturated carbocycles. The molecule has 1 unspecified atom stereocenters. The lowest BCUT2D eigenvalue weighted by molar-refractivity contribution is 0.00682. The van der Waals surface area contributed by atoms with Gasteiger partial charge in [0.15, 0.2) is 11.5 Å². The molecule has 3 aromatic rings. The van der Waals surface area contributed by atoms with E-state index in [1.54, 1.807) is 10.9 Å². The van der Waals surface area contributed by atoms with E-state index < -0.39 is 5.60 Å². The van der Waals surface area contributed by atoms with Gasteiger partial charge < -0.3 is 20.3 Å². The number of carbonyl (C=O) groups is 1. The highest BCUT2D eigenvalue weighted by molar-refractivity contribution is 5.89. The summed E-state index contributed by atoms with van der Waals surface area (Å²) in [5.74, 6) is 1.87. The van der Waals surface area contributed by atoms with Crippen molar-refractivity contribution in [2.24, 2.45) is 7.05 Å². The van der Waals surface area contributed by atoms with Crippen molar-refractivity contribution in [3.8, 4) is 0 Å². The Morgan fingerprint density at radius 1 is 1.21 bits per heavy atom. The molecule has 11 heteroatoms. The fourth-order valence-electron chi connectivity index (χ4n) is 4.88. The molecule has 0 radical (unpaired) electrons. The Balaban J connectivity index is 1.35. The van der Waals surface area contributed by atoms with Gasteiger partial charge in [0.05, 0.1) is 11.6 Å². The number of amides is 1. The van der Waals surface area contributed by atoms with Crippen LogP contribution < -0.4 is 10.6 Å². The fraction of sp³-hybridized carbons (Fsp3) is 0.591. The van der Waals surface area contributed by atoms with Gasteiger partial charge in [-0.15, -0.1) is 0 Å². The molecular formula is C22H31N9O2. The zero-order chi connectivity index (χ0) is 23.3. The summed E-state index contributed by atoms with van der Waals surface area (Å²) in [7, 11) is 1.86. The number of ether oxygens (including phenoxy) is 1. The van der Waals surface area contributed by atoms with Crippen LogP contribution in [0, 0.1) is 6.92 Å². The third kappa shape index (κ3) is 4.31. The quantitative estimate of drug-likeness (QED) is 0.548. The summed E-state index contributed by atoms with van der Waals surface area (Å²) in [6, 6.07) is 2.43. The maximum Gasteiger partial charge on any atom is 0.410 e. The summed E-state index contributed by atoms with van der Waals surface area (Å²) >= 11 is 0. The largest absolute Gasteiger partial charge is 0.444 e. The summed E-state index contributed by atoms with van der Waals surface area (Å²) in [6.45, 7) is 7.66. The Hall–Kier alpha value is -3.37. The maximum atomic E-state index is 12.7. The summed E-state index contributed by atoms with van der Waals surface area (Å²) in [5, 5.41) is 19.1. The number of anilines is 3. The third-order valence-corrected chi connectivity index (χ3v) is 6.22. The van der Waals surface area contributed by atoms with E-state index in [1.807, 2.05) is 45.7 Å². The number of carbonyl (C=O) groups excluding carboxylic acids is 1. The third-order valence-electron chi connectivity index (χ3n) is 6.22. The van der Waals surface area contributed by atoms with Crippen molar-refractivity contribution in [3.05, 3.63) is 18.0 Å². The van der Waals surface area contributed by atoms with Crippen molar-refractivity contribution < 1.29 is 9.53 Å². The maximum absolute atomic E-state index is 12.7. The minimum Gasteiger partial charge on any atom is -0.444 e. The molecule has 3 N–H and O–H groups in total. The molecule has 1 amide bonds. The van der Waals surface area contributed by atoms with Crippen molar-refractivity contribution >= 4 is 34.7 Å². The van der Waals surface area contributed by atoms with Gasteiger partial charge in [0.2, 0.25) is 5.95 Å². The molecule has 2 bridgehead atoms. The average molecular weight is 454 g/mol. The highest BCUT2D eigenvalue weighted by Crippen LogP contribution is 2.38. The second-order valence-corrected chi connectivity index (χ2v) is 10.0. The van der Waals surface area contributed by atoms with E-state index in [4.69, 9.17) is 14.7 Å². The molecule has 2 aliphatic rings. The first-order valence-electron chi connectivity index (χ1n) is 11.4. The van der Waals surface area contributed by atoms with Crippen LogP contribution in [-0.2, 0) is 11.8 Å². The topological polar surface area (TPSA) is 126 Å². The lowest BCUT2D eigenvalue weighted by Gasteiger charge is -2.39. The Kier molecular flexibility index (Phi) is 5.13. The van der Waals surface area contributed by atoms with Gasteiger partial charge in [-0.1, -0.05) is 0 Å². The molecule has 2 fully saturated rings. The second-order valence-electron chi connectivity index (χ2n) is 10.0. The molecule has 3 atom stereocenters. The molecule has 11 nitrogen and oxygen atoms in total. The van der Waals surface area contributed by atoms with E-state index in [0.717, 1.165) is 42.4 Å². The van der Waals surface area contributed by atoms with Crippen molar-refractivity contribution in [1.82, 2.24) is 34.8 Å². The first-order chi connectivity index (χ1) is 15.7. The number of hydrogen-bond donors (Lipinski definition) is 3. The second kappa shape index (κ2) is 7.89. The van der Waals surface area contributed by atoms with E-state index >= 15 is 0 Å². The minimum absolute atomic E-state index is 0.168. The average Bonchev–Trinajstić information content (AvgIpc) is 3.37. The number of piperidine rings is 1. The summed E-state index contributed by atoms with van der Waals surface area (Å²) in [5.41, 5.74) is 1.20. The number of fused-ring (bicyclic) bond motifs is 3. The van der Waals surface area contributed by atoms with Gasteiger partial charge in [-0.2, -0.15) is 20.2 Å². The van der Waals surface area contributed by atoms with Crippen LogP contribution in [0.2, 0.25) is 0 Å². The van der Waals surface area contributed by atoms with E-state index in [9.17, 15) is 4.79 Å². The summed E-state index contributed by atoms with van der Waals surface area (Å²) in [6.07, 6.45) is 5.21. The van der Waals surface area contributed by atoms with Crippen LogP contribution in [0.3, 0.4) is 0 Å². The van der Waals surface area contributed by atoms with E-state index in [-0.39, 0.29) is 24.2 Å². The van der Waals surface area contributed by atoms with Gasteiger partial charge in [0.25, 0.3) is 0 Å². The number of rotatable bonds is 4. The van der Waals surface area contributed by atoms with E-state index in [1.165, 1.54) is 0 Å². The molecule has 0 aliphatic carbocycles. The highest BCUT2D eigenvalue weighted by Gasteiger charge is 2.45. The molecule has 2 saturated heterocycles. The Labute approximate surface area is 192 Å². The van der Waals surface area contributed by atoms with Crippen molar-refractivity contribution in [2.45, 2.75) is 77.1 Å². The van der Waals surface area contributed by atoms with Crippen molar-refractivity contribution in [2.75, 3.05) is 10.6 Å². The van der Waals surface area contributed by atoms with Gasteiger partial charge in [0.1, 0.15) is 11.4 Å². The van der Waals surface area contributed by atoms with Crippen LogP contribution in [-0.4, -0.2) is 64.7 Å². The van der Waals surface area contributed by atoms with Crippen LogP contribution in [0.25, 0.3) is 11.0 Å². The molecule has 2 aliphatic heterocycles. The fourth-order valence-corrected chi connectivity index (χ4v) is 4.88. The van der Waals surface area contributed by atoms with Crippen LogP contribution in [0.1, 0.15) is 52.1 Å². The number of aromatic nitrogens is 6. The predicted molar refractivity (Wildman–Crippen MR) is 124 cm³/mol. The smallest absolute Gasteiger partial charge is 0.410 e. The number of nitrogens with zero attached hydrogens (tertiary/aromatic N) is 6. The van der Waals surface area contributed by atoms with Crippen molar-refractivity contribution in [1.29, 1.82) is 0 Å². The zero-order valence-electron chi connectivity index (χ0n) is 19.7. The Morgan fingerprint density at radius 3 is 2.58 bits per heavy atom. The molecule has 0 aromatic carbocycles. The van der Waals surface area contributed by atoms with Crippen molar-refractivity contribution in [3.63, 3.8) is 0 Å². The molecule has 33 heavy (non-hydrogen) atoms. The zero-order valence-corrected chi connectivity index (χ0v) is 19.7. The molecular weight excluding hydrogens is 422 g/mol. The first kappa shape index (κ1) is 21.5. The molecule has 3 aromatic heterocycles. The van der Waals surface area contributed by atoms with Crippen LogP contribution >= 0.6 is 0 Å². The van der Waals surface area contributed by atoms with Crippen LogP contribution in [0.15, 0.2) is 12.3 Å². The molecule has 5 heterocycles. The molecule has 5 rings (SSSR count). The van der Waals surface area contributed by atoms with Crippen LogP contribution in [0.5, 0.6) is 0 Å². The number of nitrogens with one attached hydrogen (secondary N) is 3. The molecule has 0 spiro atoms. The lowest BCUT2D eigenvalue weighted by atomic mass is 9.98. The monoisotopic (exact) mass is 453 g/mol. The predicted octanol–water partition coefficient (Wildman–Crippen LogP) is 3.48. The van der Waals surface area contributed by atoms with Gasteiger partial charge >= 0.3 is 6.09 Å². The number of hydrogen-bond acceptors (Lipinski definition) is 8. The van der Waals surface area contributed by atoms with Gasteiger partial charge in [-0.25, -0.2) is 4.79 Å². The number of H-pyrrole nitrogens is 1. The summed E-state index contributed by atoms with van der Waals surface area (Å²) < 4.78 is 7.39. The van der Waals surface area contributed by atoms with Gasteiger partial charge in [0, 0.05) is 36.9 Å². The van der Waals surface area contributed by atoms with Gasteiger partial charge in [-0.3, -0.25) is 9.78 Å². The number of aromatic amines is 1. The van der Waals surface area contributed by atoms with Crippen LogP contribution in [0.4, 0.5) is 22.4 Å². The number of aryl methyl sites for hydroxylation is 2. The Morgan fingerprint density at radius 2 is 1.94 bits per heavy atom. The minimum atomic E-state index is -0.492. The normalized spacial score (nSPS) is 22.6. The van der Waals surface area contributed by atoms with E-state index in [0.29, 0.717) is 17.6 Å². The highest BCUT2D eigenvalue weighted by atomic mass is 16.6. The lowest BCUT2D eigenvalue weighted by Crippen LogP contribution is -2.51. The SMILES string of the molecule is Cc1cc(Nc2nc(NC3C[C@H]4CC[C@@H](C3)N4C(=O)OC(C)(C)C)nc3c2cnn3C)n[nH]1.